The summed E-state index contributed by atoms with van der Waals surface area (Å²) >= 11 is 0. The van der Waals surface area contributed by atoms with Gasteiger partial charge in [-0.15, -0.1) is 0 Å². The molecule has 1 heterocycles. The predicted octanol–water partition coefficient (Wildman–Crippen LogP) is 0.929. The first-order valence-corrected chi connectivity index (χ1v) is 11.0. The number of hydrogen-bond acceptors (Lipinski definition) is 7. The molecule has 0 saturated carbocycles. The van der Waals surface area contributed by atoms with Gasteiger partial charge in [0, 0.05) is 14.1 Å². The van der Waals surface area contributed by atoms with E-state index in [4.69, 9.17) is 10.5 Å². The Hall–Kier alpha value is -4.21. The third-order valence-electron chi connectivity index (χ3n) is 5.80. The summed E-state index contributed by atoms with van der Waals surface area (Å²) in [6.45, 7) is 2.69. The first-order valence-electron chi connectivity index (χ1n) is 11.0. The van der Waals surface area contributed by atoms with Crippen LogP contribution in [0.3, 0.4) is 0 Å². The van der Waals surface area contributed by atoms with E-state index in [-0.39, 0.29) is 24.1 Å². The van der Waals surface area contributed by atoms with Crippen LogP contribution in [0.15, 0.2) is 52.1 Å². The van der Waals surface area contributed by atoms with Gasteiger partial charge in [0.05, 0.1) is 6.42 Å². The Morgan fingerprint density at radius 1 is 1.00 bits per heavy atom. The molecule has 0 saturated heterocycles. The molecule has 3 N–H and O–H groups in total. The van der Waals surface area contributed by atoms with E-state index in [0.29, 0.717) is 0 Å². The smallest absolute Gasteiger partial charge is 0.332 e. The summed E-state index contributed by atoms with van der Waals surface area (Å²) < 4.78 is 6.83. The summed E-state index contributed by atoms with van der Waals surface area (Å²) in [7, 11) is 2.54. The van der Waals surface area contributed by atoms with Crippen molar-refractivity contribution in [3.05, 3.63) is 74.4 Å². The van der Waals surface area contributed by atoms with E-state index in [1.165, 1.54) is 14.1 Å². The SMILES string of the molecule is CC(C)C(NC(=O)Cc1cccc2ccccc12)C(=O)OCC(=O)c1c(N)n(C)c(=O)n(C)c1=O. The van der Waals surface area contributed by atoms with Gasteiger partial charge in [-0.2, -0.15) is 0 Å². The molecule has 1 aromatic heterocycles. The zero-order chi connectivity index (χ0) is 25.9. The van der Waals surface area contributed by atoms with Crippen molar-refractivity contribution < 1.29 is 19.1 Å². The molecule has 1 unspecified atom stereocenters. The molecular formula is C25H28N4O6. The first kappa shape index (κ1) is 25.4. The molecule has 0 bridgehead atoms. The number of benzene rings is 2. The second-order valence-corrected chi connectivity index (χ2v) is 8.60. The van der Waals surface area contributed by atoms with E-state index in [1.807, 2.05) is 42.5 Å². The number of amides is 1. The van der Waals surface area contributed by atoms with Crippen molar-refractivity contribution >= 4 is 34.3 Å². The topological polar surface area (TPSA) is 142 Å². The Labute approximate surface area is 201 Å². The minimum atomic E-state index is -1.01. The molecule has 3 rings (SSSR count). The third-order valence-corrected chi connectivity index (χ3v) is 5.80. The molecule has 35 heavy (non-hydrogen) atoms. The number of Topliss-reactive ketones (excluding diaryl/α,β-unsaturated/α-hetero) is 1. The van der Waals surface area contributed by atoms with Crippen molar-refractivity contribution in [2.45, 2.75) is 26.3 Å². The van der Waals surface area contributed by atoms with Crippen LogP contribution < -0.4 is 22.3 Å². The first-order chi connectivity index (χ1) is 16.5. The molecule has 0 aliphatic rings. The molecule has 0 aliphatic carbocycles. The van der Waals surface area contributed by atoms with Crippen molar-refractivity contribution in [3.8, 4) is 0 Å². The van der Waals surface area contributed by atoms with Crippen LogP contribution in [-0.4, -0.2) is 39.4 Å². The summed E-state index contributed by atoms with van der Waals surface area (Å²) in [6, 6.07) is 12.3. The molecule has 1 amide bonds. The number of nitrogens with zero attached hydrogens (tertiary/aromatic N) is 2. The van der Waals surface area contributed by atoms with Crippen molar-refractivity contribution in [2.75, 3.05) is 12.3 Å². The quantitative estimate of drug-likeness (QED) is 0.361. The number of carbonyl (C=O) groups excluding carboxylic acids is 3. The van der Waals surface area contributed by atoms with Gasteiger partial charge in [0.2, 0.25) is 11.7 Å². The van der Waals surface area contributed by atoms with Crippen LogP contribution in [-0.2, 0) is 34.8 Å². The normalized spacial score (nSPS) is 11.9. The molecule has 184 valence electrons. The lowest BCUT2D eigenvalue weighted by atomic mass is 10.0. The van der Waals surface area contributed by atoms with Crippen molar-refractivity contribution in [3.63, 3.8) is 0 Å². The largest absolute Gasteiger partial charge is 0.456 e. The Kier molecular flexibility index (Phi) is 7.53. The summed E-state index contributed by atoms with van der Waals surface area (Å²) in [5.74, 6) is -2.69. The number of aromatic nitrogens is 2. The number of esters is 1. The van der Waals surface area contributed by atoms with E-state index in [9.17, 15) is 24.0 Å². The second kappa shape index (κ2) is 10.4. The molecule has 1 atom stereocenters. The second-order valence-electron chi connectivity index (χ2n) is 8.60. The number of carbonyl (C=O) groups is 3. The Morgan fingerprint density at radius 2 is 1.66 bits per heavy atom. The van der Waals surface area contributed by atoms with Crippen molar-refractivity contribution in [2.24, 2.45) is 20.0 Å². The maximum absolute atomic E-state index is 12.8. The van der Waals surface area contributed by atoms with Crippen LogP contribution in [0.2, 0.25) is 0 Å². The Bertz CT molecular complexity index is 1410. The number of rotatable bonds is 8. The highest BCUT2D eigenvalue weighted by atomic mass is 16.5. The van der Waals surface area contributed by atoms with E-state index < -0.39 is 41.2 Å². The fourth-order valence-corrected chi connectivity index (χ4v) is 3.76. The van der Waals surface area contributed by atoms with Gasteiger partial charge in [-0.25, -0.2) is 9.59 Å². The lowest BCUT2D eigenvalue weighted by Gasteiger charge is -2.21. The molecule has 0 spiro atoms. The zero-order valence-corrected chi connectivity index (χ0v) is 20.0. The Balaban J connectivity index is 1.70. The van der Waals surface area contributed by atoms with Gasteiger partial charge in [-0.3, -0.25) is 23.5 Å². The van der Waals surface area contributed by atoms with Crippen LogP contribution >= 0.6 is 0 Å². The minimum absolute atomic E-state index is 0.0569. The van der Waals surface area contributed by atoms with Crippen molar-refractivity contribution in [1.29, 1.82) is 0 Å². The number of ketones is 1. The average Bonchev–Trinajstić information content (AvgIpc) is 2.83. The maximum Gasteiger partial charge on any atom is 0.332 e. The summed E-state index contributed by atoms with van der Waals surface area (Å²) in [5, 5.41) is 4.62. The van der Waals surface area contributed by atoms with Gasteiger partial charge < -0.3 is 15.8 Å². The molecule has 0 aliphatic heterocycles. The minimum Gasteiger partial charge on any atom is -0.456 e. The maximum atomic E-state index is 12.8. The summed E-state index contributed by atoms with van der Waals surface area (Å²) in [4.78, 5) is 62.4. The number of fused-ring (bicyclic) bond motifs is 1. The average molecular weight is 481 g/mol. The molecule has 0 radical (unpaired) electrons. The molecule has 10 nitrogen and oxygen atoms in total. The lowest BCUT2D eigenvalue weighted by molar-refractivity contribution is -0.148. The van der Waals surface area contributed by atoms with Gasteiger partial charge in [0.1, 0.15) is 17.4 Å². The van der Waals surface area contributed by atoms with E-state index in [1.54, 1.807) is 13.8 Å². The number of nitrogen functional groups attached to an aromatic ring is 1. The highest BCUT2D eigenvalue weighted by Gasteiger charge is 2.28. The van der Waals surface area contributed by atoms with Gasteiger partial charge in [-0.05, 0) is 22.3 Å². The summed E-state index contributed by atoms with van der Waals surface area (Å²) in [6.07, 6.45) is 0.0569. The van der Waals surface area contributed by atoms with Crippen LogP contribution in [0.5, 0.6) is 0 Å². The monoisotopic (exact) mass is 480 g/mol. The molecular weight excluding hydrogens is 452 g/mol. The molecule has 2 aromatic carbocycles. The van der Waals surface area contributed by atoms with Gasteiger partial charge in [0.25, 0.3) is 5.56 Å². The Morgan fingerprint density at radius 3 is 2.34 bits per heavy atom. The molecule has 10 heteroatoms. The third kappa shape index (κ3) is 5.32. The number of nitrogens with two attached hydrogens (primary N) is 1. The van der Waals surface area contributed by atoms with E-state index in [0.717, 1.165) is 25.5 Å². The van der Waals surface area contributed by atoms with Crippen LogP contribution in [0.4, 0.5) is 5.82 Å². The predicted molar refractivity (Wildman–Crippen MR) is 131 cm³/mol. The van der Waals surface area contributed by atoms with Gasteiger partial charge >= 0.3 is 11.7 Å². The standard InChI is InChI=1S/C25H28N4O6/c1-14(2)21(27-19(31)12-16-10-7-9-15-8-5-6-11-17(15)16)24(33)35-13-18(30)20-22(26)28(3)25(34)29(4)23(20)32/h5-11,14,21H,12-13,26H2,1-4H3,(H,27,31). The fraction of sp³-hybridized carbons (Fsp3) is 0.320. The highest BCUT2D eigenvalue weighted by molar-refractivity contribution is 6.01. The number of nitrogens with one attached hydrogen (secondary N) is 1. The van der Waals surface area contributed by atoms with Crippen LogP contribution in [0, 0.1) is 5.92 Å². The number of hydrogen-bond donors (Lipinski definition) is 2. The van der Waals surface area contributed by atoms with E-state index in [2.05, 4.69) is 5.32 Å². The van der Waals surface area contributed by atoms with Gasteiger partial charge in [-0.1, -0.05) is 56.3 Å². The van der Waals surface area contributed by atoms with Crippen molar-refractivity contribution in [1.82, 2.24) is 14.5 Å². The van der Waals surface area contributed by atoms with Gasteiger partial charge in [0.15, 0.2) is 6.61 Å². The zero-order valence-electron chi connectivity index (χ0n) is 20.0. The highest BCUT2D eigenvalue weighted by Crippen LogP contribution is 2.19. The molecule has 0 fully saturated rings. The van der Waals surface area contributed by atoms with Crippen LogP contribution in [0.1, 0.15) is 29.8 Å². The molecule has 3 aromatic rings. The van der Waals surface area contributed by atoms with E-state index >= 15 is 0 Å². The summed E-state index contributed by atoms with van der Waals surface area (Å²) in [5.41, 5.74) is 4.59. The lowest BCUT2D eigenvalue weighted by Crippen LogP contribution is -2.46. The number of anilines is 1. The fourth-order valence-electron chi connectivity index (χ4n) is 3.76. The van der Waals surface area contributed by atoms with Crippen LogP contribution in [0.25, 0.3) is 10.8 Å². The number of ether oxygens (including phenoxy) is 1.